The molecule has 2 aliphatic rings. The number of aliphatic hydroxyl groups excluding tert-OH is 1. The number of hydrogen-bond acceptors (Lipinski definition) is 4. The second-order valence-electron chi connectivity index (χ2n) is 4.05. The van der Waals surface area contributed by atoms with Gasteiger partial charge in [-0.15, -0.1) is 0 Å². The number of ketones is 1. The van der Waals surface area contributed by atoms with E-state index in [1.807, 2.05) is 0 Å². The summed E-state index contributed by atoms with van der Waals surface area (Å²) in [7, 11) is 0. The highest BCUT2D eigenvalue weighted by Gasteiger charge is 2.49. The van der Waals surface area contributed by atoms with Crippen LogP contribution < -0.4 is 0 Å². The SMILES string of the molecule is O=C1CCC[C@@H]([C@H]2C[C@@H]2C(=O)CO)O1. The number of carbonyl (C=O) groups is 2. The zero-order valence-electron chi connectivity index (χ0n) is 7.94. The molecule has 0 aromatic heterocycles. The van der Waals surface area contributed by atoms with Gasteiger partial charge in [-0.25, -0.2) is 0 Å². The first-order chi connectivity index (χ1) is 6.72. The van der Waals surface area contributed by atoms with Gasteiger partial charge in [0.05, 0.1) is 0 Å². The zero-order valence-corrected chi connectivity index (χ0v) is 7.94. The van der Waals surface area contributed by atoms with Crippen LogP contribution in [-0.2, 0) is 14.3 Å². The van der Waals surface area contributed by atoms with Gasteiger partial charge in [-0.2, -0.15) is 0 Å². The largest absolute Gasteiger partial charge is 0.462 e. The molecule has 1 saturated carbocycles. The Balaban J connectivity index is 1.86. The highest BCUT2D eigenvalue weighted by atomic mass is 16.5. The standard InChI is InChI=1S/C10H14O4/c11-5-8(12)6-4-7(6)9-2-1-3-10(13)14-9/h6-7,9,11H,1-5H2/t6-,7-,9-/m0/s1. The number of cyclic esters (lactones) is 1. The van der Waals surface area contributed by atoms with Crippen LogP contribution in [0.1, 0.15) is 25.7 Å². The van der Waals surface area contributed by atoms with Crippen molar-refractivity contribution in [3.63, 3.8) is 0 Å². The van der Waals surface area contributed by atoms with Crippen molar-refractivity contribution in [3.05, 3.63) is 0 Å². The van der Waals surface area contributed by atoms with Gasteiger partial charge >= 0.3 is 5.97 Å². The van der Waals surface area contributed by atoms with Crippen molar-refractivity contribution >= 4 is 11.8 Å². The summed E-state index contributed by atoms with van der Waals surface area (Å²) in [4.78, 5) is 22.1. The third-order valence-electron chi connectivity index (χ3n) is 3.04. The van der Waals surface area contributed by atoms with Crippen LogP contribution in [0.15, 0.2) is 0 Å². The van der Waals surface area contributed by atoms with Crippen molar-refractivity contribution in [2.75, 3.05) is 6.61 Å². The molecule has 1 heterocycles. The van der Waals surface area contributed by atoms with Crippen molar-refractivity contribution in [1.29, 1.82) is 0 Å². The van der Waals surface area contributed by atoms with Crippen LogP contribution in [0.2, 0.25) is 0 Å². The molecule has 0 bridgehead atoms. The Morgan fingerprint density at radius 2 is 2.36 bits per heavy atom. The predicted octanol–water partition coefficient (Wildman–Crippen LogP) is 0.280. The van der Waals surface area contributed by atoms with Gasteiger partial charge in [0.1, 0.15) is 12.7 Å². The van der Waals surface area contributed by atoms with Crippen LogP contribution in [0.25, 0.3) is 0 Å². The van der Waals surface area contributed by atoms with Gasteiger partial charge in [-0.05, 0) is 19.3 Å². The average Bonchev–Trinajstić information content (AvgIpc) is 2.96. The van der Waals surface area contributed by atoms with E-state index in [-0.39, 0.29) is 36.3 Å². The highest BCUT2D eigenvalue weighted by molar-refractivity contribution is 5.84. The lowest BCUT2D eigenvalue weighted by Gasteiger charge is -2.22. The summed E-state index contributed by atoms with van der Waals surface area (Å²) >= 11 is 0. The summed E-state index contributed by atoms with van der Waals surface area (Å²) in [5.41, 5.74) is 0. The zero-order chi connectivity index (χ0) is 10.1. The second-order valence-corrected chi connectivity index (χ2v) is 4.05. The molecule has 78 valence electrons. The van der Waals surface area contributed by atoms with E-state index in [2.05, 4.69) is 0 Å². The summed E-state index contributed by atoms with van der Waals surface area (Å²) in [6.07, 6.45) is 2.93. The molecule has 0 spiro atoms. The van der Waals surface area contributed by atoms with E-state index in [0.717, 1.165) is 19.3 Å². The van der Waals surface area contributed by atoms with Crippen molar-refractivity contribution in [3.8, 4) is 0 Å². The van der Waals surface area contributed by atoms with Crippen molar-refractivity contribution in [2.24, 2.45) is 11.8 Å². The van der Waals surface area contributed by atoms with Crippen molar-refractivity contribution in [1.82, 2.24) is 0 Å². The van der Waals surface area contributed by atoms with E-state index in [4.69, 9.17) is 9.84 Å². The minimum absolute atomic E-state index is 0.0594. The number of ether oxygens (including phenoxy) is 1. The minimum atomic E-state index is -0.387. The smallest absolute Gasteiger partial charge is 0.306 e. The van der Waals surface area contributed by atoms with Gasteiger partial charge in [0.25, 0.3) is 0 Å². The molecule has 4 heteroatoms. The number of Topliss-reactive ketones (excluding diaryl/α,β-unsaturated/α-hetero) is 1. The highest BCUT2D eigenvalue weighted by Crippen LogP contribution is 2.45. The Bertz CT molecular complexity index is 261. The summed E-state index contributed by atoms with van der Waals surface area (Å²) in [6, 6.07) is 0. The van der Waals surface area contributed by atoms with E-state index in [9.17, 15) is 9.59 Å². The molecule has 3 atom stereocenters. The lowest BCUT2D eigenvalue weighted by Crippen LogP contribution is -2.27. The molecule has 1 N–H and O–H groups in total. The quantitative estimate of drug-likeness (QED) is 0.661. The van der Waals surface area contributed by atoms with Gasteiger partial charge in [0.15, 0.2) is 5.78 Å². The normalized spacial score (nSPS) is 36.4. The van der Waals surface area contributed by atoms with Crippen LogP contribution in [0.4, 0.5) is 0 Å². The Morgan fingerprint density at radius 3 is 3.00 bits per heavy atom. The summed E-state index contributed by atoms with van der Waals surface area (Å²) < 4.78 is 5.16. The van der Waals surface area contributed by atoms with Gasteiger partial charge in [0.2, 0.25) is 0 Å². The van der Waals surface area contributed by atoms with Crippen LogP contribution in [0, 0.1) is 11.8 Å². The molecule has 0 radical (unpaired) electrons. The molecule has 1 aliphatic carbocycles. The maximum atomic E-state index is 11.1. The third kappa shape index (κ3) is 1.80. The van der Waals surface area contributed by atoms with E-state index in [1.54, 1.807) is 0 Å². The summed E-state index contributed by atoms with van der Waals surface area (Å²) in [5, 5.41) is 8.66. The Kier molecular flexibility index (Phi) is 2.54. The average molecular weight is 198 g/mol. The van der Waals surface area contributed by atoms with E-state index >= 15 is 0 Å². The molecule has 4 nitrogen and oxygen atoms in total. The lowest BCUT2D eigenvalue weighted by atomic mass is 10.0. The molecule has 0 aromatic rings. The monoisotopic (exact) mass is 198 g/mol. The van der Waals surface area contributed by atoms with E-state index in [0.29, 0.717) is 6.42 Å². The van der Waals surface area contributed by atoms with Crippen molar-refractivity contribution < 1.29 is 19.4 Å². The fourth-order valence-corrected chi connectivity index (χ4v) is 2.15. The fraction of sp³-hybridized carbons (Fsp3) is 0.800. The fourth-order valence-electron chi connectivity index (χ4n) is 2.15. The van der Waals surface area contributed by atoms with E-state index < -0.39 is 0 Å². The molecule has 0 aromatic carbocycles. The number of esters is 1. The first-order valence-electron chi connectivity index (χ1n) is 5.05. The topological polar surface area (TPSA) is 63.6 Å². The maximum absolute atomic E-state index is 11.1. The maximum Gasteiger partial charge on any atom is 0.306 e. The van der Waals surface area contributed by atoms with Crippen LogP contribution in [0.5, 0.6) is 0 Å². The Labute approximate surface area is 82.2 Å². The molecule has 1 aliphatic heterocycles. The summed E-state index contributed by atoms with van der Waals surface area (Å²) in [6.45, 7) is -0.387. The molecular weight excluding hydrogens is 184 g/mol. The second kappa shape index (κ2) is 3.69. The number of carbonyl (C=O) groups excluding carboxylic acids is 2. The predicted molar refractivity (Wildman–Crippen MR) is 47.4 cm³/mol. The van der Waals surface area contributed by atoms with Crippen LogP contribution in [0.3, 0.4) is 0 Å². The molecule has 0 unspecified atom stereocenters. The van der Waals surface area contributed by atoms with Crippen LogP contribution in [-0.4, -0.2) is 29.6 Å². The lowest BCUT2D eigenvalue weighted by molar-refractivity contribution is -0.155. The first kappa shape index (κ1) is 9.65. The molecule has 14 heavy (non-hydrogen) atoms. The molecule has 2 rings (SSSR count). The van der Waals surface area contributed by atoms with Gasteiger partial charge in [0, 0.05) is 18.3 Å². The molecule has 0 amide bonds. The van der Waals surface area contributed by atoms with Crippen LogP contribution >= 0.6 is 0 Å². The number of hydrogen-bond donors (Lipinski definition) is 1. The van der Waals surface area contributed by atoms with Crippen molar-refractivity contribution in [2.45, 2.75) is 31.8 Å². The van der Waals surface area contributed by atoms with E-state index in [1.165, 1.54) is 0 Å². The third-order valence-corrected chi connectivity index (χ3v) is 3.04. The van der Waals surface area contributed by atoms with Gasteiger partial charge < -0.3 is 9.84 Å². The van der Waals surface area contributed by atoms with Gasteiger partial charge in [-0.3, -0.25) is 9.59 Å². The first-order valence-corrected chi connectivity index (χ1v) is 5.05. The Hall–Kier alpha value is -0.900. The number of rotatable bonds is 3. The number of aliphatic hydroxyl groups is 1. The minimum Gasteiger partial charge on any atom is -0.462 e. The Morgan fingerprint density at radius 1 is 1.57 bits per heavy atom. The van der Waals surface area contributed by atoms with Gasteiger partial charge in [-0.1, -0.05) is 0 Å². The summed E-state index contributed by atoms with van der Waals surface area (Å²) in [5.74, 6) is -0.144. The molecule has 1 saturated heterocycles. The molecular formula is C10H14O4. The molecule has 2 fully saturated rings.